The Hall–Kier alpha value is -1.59. The molecule has 0 amide bonds. The zero-order chi connectivity index (χ0) is 43.3. The normalized spacial score (nSPS) is 12.1. The lowest BCUT2D eigenvalue weighted by Gasteiger charge is -2.18. The lowest BCUT2D eigenvalue weighted by molar-refractivity contribution is -0.167. The maximum Gasteiger partial charge on any atom is 0.306 e. The third-order valence-corrected chi connectivity index (χ3v) is 12.0. The smallest absolute Gasteiger partial charge is 0.306 e. The first-order valence-corrected chi connectivity index (χ1v) is 26.2. The van der Waals surface area contributed by atoms with E-state index in [1.54, 1.807) is 0 Å². The van der Waals surface area contributed by atoms with Crippen LogP contribution in [0.3, 0.4) is 0 Å². The second-order valence-electron chi connectivity index (χ2n) is 19.1. The van der Waals surface area contributed by atoms with Crippen molar-refractivity contribution < 1.29 is 28.6 Å². The van der Waals surface area contributed by atoms with Crippen LogP contribution in [0.5, 0.6) is 0 Å². The second-order valence-corrected chi connectivity index (χ2v) is 19.1. The number of hydrogen-bond acceptors (Lipinski definition) is 6. The van der Waals surface area contributed by atoms with Gasteiger partial charge in [0, 0.05) is 19.3 Å². The molecule has 0 aromatic rings. The molecule has 0 fully saturated rings. The van der Waals surface area contributed by atoms with Crippen LogP contribution in [-0.4, -0.2) is 37.2 Å². The van der Waals surface area contributed by atoms with Gasteiger partial charge >= 0.3 is 17.9 Å². The number of hydrogen-bond donors (Lipinski definition) is 0. The van der Waals surface area contributed by atoms with Gasteiger partial charge in [-0.3, -0.25) is 14.4 Å². The van der Waals surface area contributed by atoms with Crippen molar-refractivity contribution in [2.45, 2.75) is 298 Å². The van der Waals surface area contributed by atoms with Gasteiger partial charge in [-0.05, 0) is 31.1 Å². The van der Waals surface area contributed by atoms with Crippen molar-refractivity contribution in [1.29, 1.82) is 0 Å². The van der Waals surface area contributed by atoms with E-state index in [-0.39, 0.29) is 31.1 Å². The van der Waals surface area contributed by atoms with E-state index in [9.17, 15) is 14.4 Å². The van der Waals surface area contributed by atoms with Crippen LogP contribution in [0, 0.1) is 11.8 Å². The van der Waals surface area contributed by atoms with Crippen LogP contribution in [0.15, 0.2) is 0 Å². The van der Waals surface area contributed by atoms with Crippen molar-refractivity contribution in [1.82, 2.24) is 0 Å². The number of esters is 3. The molecule has 0 radical (unpaired) electrons. The first-order valence-electron chi connectivity index (χ1n) is 26.2. The number of ether oxygens (including phenoxy) is 3. The molecule has 0 heterocycles. The fraction of sp³-hybridized carbons (Fsp3) is 0.943. The summed E-state index contributed by atoms with van der Waals surface area (Å²) in [5.74, 6) is 0.757. The van der Waals surface area contributed by atoms with Gasteiger partial charge in [0.05, 0.1) is 0 Å². The van der Waals surface area contributed by atoms with Crippen molar-refractivity contribution in [3.05, 3.63) is 0 Å². The fourth-order valence-corrected chi connectivity index (χ4v) is 7.99. The standard InChI is InChI=1S/C53H102O6/c1-6-7-8-9-10-11-12-13-14-19-22-25-28-35-40-45-53(56)59-50(47-58-52(55)44-39-34-30-29-32-37-42-49(4)5)46-57-51(54)43-38-33-27-24-21-18-16-15-17-20-23-26-31-36-41-48(2)3/h48-50H,6-47H2,1-5H3/t50-/m1/s1. The Labute approximate surface area is 368 Å². The Morgan fingerprint density at radius 1 is 0.322 bits per heavy atom. The summed E-state index contributed by atoms with van der Waals surface area (Å²) in [5.41, 5.74) is 0. The van der Waals surface area contributed by atoms with E-state index >= 15 is 0 Å². The quantitative estimate of drug-likeness (QED) is 0.0345. The molecular weight excluding hydrogens is 733 g/mol. The van der Waals surface area contributed by atoms with Gasteiger partial charge in [-0.15, -0.1) is 0 Å². The van der Waals surface area contributed by atoms with Crippen molar-refractivity contribution in [3.63, 3.8) is 0 Å². The minimum atomic E-state index is -0.762. The summed E-state index contributed by atoms with van der Waals surface area (Å²) in [6, 6.07) is 0. The van der Waals surface area contributed by atoms with Crippen LogP contribution in [-0.2, 0) is 28.6 Å². The summed E-state index contributed by atoms with van der Waals surface area (Å²) in [4.78, 5) is 37.9. The molecule has 0 aliphatic heterocycles. The average molecular weight is 835 g/mol. The van der Waals surface area contributed by atoms with E-state index in [1.165, 1.54) is 180 Å². The predicted molar refractivity (Wildman–Crippen MR) is 252 cm³/mol. The highest BCUT2D eigenvalue weighted by molar-refractivity contribution is 5.71. The lowest BCUT2D eigenvalue weighted by Crippen LogP contribution is -2.30. The summed E-state index contributed by atoms with van der Waals surface area (Å²) >= 11 is 0. The molecule has 0 aliphatic rings. The molecule has 1 atom stereocenters. The number of carbonyl (C=O) groups is 3. The fourth-order valence-electron chi connectivity index (χ4n) is 7.99. The monoisotopic (exact) mass is 835 g/mol. The highest BCUT2D eigenvalue weighted by Crippen LogP contribution is 2.17. The second kappa shape index (κ2) is 45.9. The first-order chi connectivity index (χ1) is 28.7. The molecular formula is C53H102O6. The highest BCUT2D eigenvalue weighted by Gasteiger charge is 2.19. The summed E-state index contributed by atoms with van der Waals surface area (Å²) < 4.78 is 16.8. The van der Waals surface area contributed by atoms with Gasteiger partial charge in [-0.25, -0.2) is 0 Å². The summed E-state index contributed by atoms with van der Waals surface area (Å²) in [6.45, 7) is 11.3. The summed E-state index contributed by atoms with van der Waals surface area (Å²) in [7, 11) is 0. The molecule has 6 nitrogen and oxygen atoms in total. The van der Waals surface area contributed by atoms with Gasteiger partial charge in [-0.1, -0.05) is 253 Å². The molecule has 0 aliphatic carbocycles. The Morgan fingerprint density at radius 2 is 0.559 bits per heavy atom. The third kappa shape index (κ3) is 47.3. The minimum Gasteiger partial charge on any atom is -0.462 e. The molecule has 0 N–H and O–H groups in total. The van der Waals surface area contributed by atoms with Gasteiger partial charge in [0.25, 0.3) is 0 Å². The molecule has 6 heteroatoms. The Bertz CT molecular complexity index is 900. The molecule has 0 bridgehead atoms. The number of rotatable bonds is 47. The topological polar surface area (TPSA) is 78.9 Å². The summed E-state index contributed by atoms with van der Waals surface area (Å²) in [6.07, 6.45) is 46.7. The highest BCUT2D eigenvalue weighted by atomic mass is 16.6. The van der Waals surface area contributed by atoms with Gasteiger partial charge < -0.3 is 14.2 Å². The SMILES string of the molecule is CCCCCCCCCCCCCCCCCC(=O)O[C@H](COC(=O)CCCCCCCCCCCCCCCCC(C)C)COC(=O)CCCCCCCCC(C)C. The lowest BCUT2D eigenvalue weighted by atomic mass is 10.0. The van der Waals surface area contributed by atoms with E-state index in [2.05, 4.69) is 34.6 Å². The molecule has 59 heavy (non-hydrogen) atoms. The van der Waals surface area contributed by atoms with Crippen LogP contribution >= 0.6 is 0 Å². The average Bonchev–Trinajstić information content (AvgIpc) is 3.20. The van der Waals surface area contributed by atoms with Crippen LogP contribution in [0.4, 0.5) is 0 Å². The minimum absolute atomic E-state index is 0.0643. The zero-order valence-electron chi connectivity index (χ0n) is 40.4. The van der Waals surface area contributed by atoms with Gasteiger partial charge in [0.15, 0.2) is 6.10 Å². The largest absolute Gasteiger partial charge is 0.462 e. The molecule has 0 spiro atoms. The first kappa shape index (κ1) is 57.4. The Kier molecular flexibility index (Phi) is 44.7. The molecule has 0 unspecified atom stereocenters. The molecule has 350 valence electrons. The van der Waals surface area contributed by atoms with Crippen LogP contribution < -0.4 is 0 Å². The van der Waals surface area contributed by atoms with E-state index in [4.69, 9.17) is 14.2 Å². The van der Waals surface area contributed by atoms with E-state index in [0.29, 0.717) is 19.3 Å². The van der Waals surface area contributed by atoms with Gasteiger partial charge in [0.1, 0.15) is 13.2 Å². The zero-order valence-corrected chi connectivity index (χ0v) is 40.4. The predicted octanol–water partition coefficient (Wildman–Crippen LogP) is 16.9. The Balaban J connectivity index is 4.25. The van der Waals surface area contributed by atoms with Crippen molar-refractivity contribution in [2.75, 3.05) is 13.2 Å². The van der Waals surface area contributed by atoms with Crippen molar-refractivity contribution in [3.8, 4) is 0 Å². The maximum absolute atomic E-state index is 12.8. The Morgan fingerprint density at radius 3 is 0.831 bits per heavy atom. The molecule has 0 saturated heterocycles. The van der Waals surface area contributed by atoms with E-state index < -0.39 is 6.10 Å². The summed E-state index contributed by atoms with van der Waals surface area (Å²) in [5, 5.41) is 0. The van der Waals surface area contributed by atoms with E-state index in [0.717, 1.165) is 69.6 Å². The van der Waals surface area contributed by atoms with Crippen LogP contribution in [0.1, 0.15) is 291 Å². The van der Waals surface area contributed by atoms with Gasteiger partial charge in [-0.2, -0.15) is 0 Å². The molecule has 0 rings (SSSR count). The third-order valence-electron chi connectivity index (χ3n) is 12.0. The van der Waals surface area contributed by atoms with Crippen LogP contribution in [0.25, 0.3) is 0 Å². The van der Waals surface area contributed by atoms with E-state index in [1.807, 2.05) is 0 Å². The van der Waals surface area contributed by atoms with Crippen LogP contribution in [0.2, 0.25) is 0 Å². The van der Waals surface area contributed by atoms with Crippen molar-refractivity contribution in [2.24, 2.45) is 11.8 Å². The number of carbonyl (C=O) groups excluding carboxylic acids is 3. The van der Waals surface area contributed by atoms with Crippen molar-refractivity contribution >= 4 is 17.9 Å². The molecule has 0 saturated carbocycles. The molecule has 0 aromatic heterocycles. The molecule has 0 aromatic carbocycles. The number of unbranched alkanes of at least 4 members (excludes halogenated alkanes) is 32. The maximum atomic E-state index is 12.8. The van der Waals surface area contributed by atoms with Gasteiger partial charge in [0.2, 0.25) is 0 Å².